The molecule has 2 aliphatic rings. The van der Waals surface area contributed by atoms with E-state index >= 15 is 0 Å². The molecule has 17 heavy (non-hydrogen) atoms. The molecular weight excluding hydrogens is 255 g/mol. The first-order chi connectivity index (χ1) is 8.15. The summed E-state index contributed by atoms with van der Waals surface area (Å²) in [4.78, 5) is 12.3. The highest BCUT2D eigenvalue weighted by Gasteiger charge is 2.32. The maximum atomic E-state index is 12.3. The van der Waals surface area contributed by atoms with Crippen molar-refractivity contribution in [3.63, 3.8) is 0 Å². The third-order valence-corrected chi connectivity index (χ3v) is 4.09. The van der Waals surface area contributed by atoms with E-state index in [4.69, 9.17) is 23.2 Å². The number of allylic oxidation sites excluding steroid dienone is 4. The van der Waals surface area contributed by atoms with Gasteiger partial charge in [-0.25, -0.2) is 0 Å². The van der Waals surface area contributed by atoms with Gasteiger partial charge in [-0.15, -0.1) is 0 Å². The van der Waals surface area contributed by atoms with Crippen molar-refractivity contribution in [1.82, 2.24) is 0 Å². The summed E-state index contributed by atoms with van der Waals surface area (Å²) >= 11 is 11.8. The van der Waals surface area contributed by atoms with Crippen LogP contribution < -0.4 is 0 Å². The number of carbonyl (C=O) groups excluding carboxylic acids is 1. The molecule has 1 aromatic rings. The lowest BCUT2D eigenvalue weighted by Crippen LogP contribution is -2.08. The number of fused-ring (bicyclic) bond motifs is 2. The minimum atomic E-state index is 0.0698. The quantitative estimate of drug-likeness (QED) is 0.575. The van der Waals surface area contributed by atoms with Crippen molar-refractivity contribution in [2.24, 2.45) is 11.8 Å². The molecule has 3 heteroatoms. The third-order valence-electron chi connectivity index (χ3n) is 3.35. The Morgan fingerprint density at radius 1 is 1.18 bits per heavy atom. The van der Waals surface area contributed by atoms with Crippen molar-refractivity contribution >= 4 is 29.0 Å². The summed E-state index contributed by atoms with van der Waals surface area (Å²) in [6.07, 6.45) is 7.39. The van der Waals surface area contributed by atoms with Crippen LogP contribution in [0, 0.1) is 11.8 Å². The van der Waals surface area contributed by atoms with Gasteiger partial charge in [0.25, 0.3) is 0 Å². The number of ketones is 1. The fourth-order valence-corrected chi connectivity index (χ4v) is 2.78. The second-order valence-corrected chi connectivity index (χ2v) is 5.29. The lowest BCUT2D eigenvalue weighted by Gasteiger charge is -2.09. The fraction of sp³-hybridized carbons (Fsp3) is 0.214. The van der Waals surface area contributed by atoms with E-state index < -0.39 is 0 Å². The number of carbonyl (C=O) groups is 1. The summed E-state index contributed by atoms with van der Waals surface area (Å²) < 4.78 is 0. The van der Waals surface area contributed by atoms with Crippen LogP contribution in [0.25, 0.3) is 0 Å². The highest BCUT2D eigenvalue weighted by molar-refractivity contribution is 6.42. The summed E-state index contributed by atoms with van der Waals surface area (Å²) in [5.41, 5.74) is 1.52. The van der Waals surface area contributed by atoms with Gasteiger partial charge in [0.1, 0.15) is 0 Å². The van der Waals surface area contributed by atoms with Gasteiger partial charge in [-0.1, -0.05) is 41.4 Å². The van der Waals surface area contributed by atoms with Crippen molar-refractivity contribution in [2.75, 3.05) is 0 Å². The Balaban J connectivity index is 1.92. The summed E-state index contributed by atoms with van der Waals surface area (Å²) in [5, 5.41) is 0.904. The van der Waals surface area contributed by atoms with Gasteiger partial charge in [0.15, 0.2) is 5.78 Å². The Kier molecular flexibility index (Phi) is 2.61. The molecule has 0 amide bonds. The van der Waals surface area contributed by atoms with Crippen LogP contribution in [0.2, 0.25) is 10.0 Å². The summed E-state index contributed by atoms with van der Waals surface area (Å²) in [5.74, 6) is 0.809. The Morgan fingerprint density at radius 3 is 2.59 bits per heavy atom. The highest BCUT2D eigenvalue weighted by Crippen LogP contribution is 2.39. The Morgan fingerprint density at radius 2 is 2.00 bits per heavy atom. The van der Waals surface area contributed by atoms with Crippen LogP contribution >= 0.6 is 23.2 Å². The molecule has 86 valence electrons. The number of halogens is 2. The molecule has 0 aromatic heterocycles. The normalized spacial score (nSPS) is 25.2. The molecule has 0 aliphatic heterocycles. The SMILES string of the molecule is O=C(C1=CC2C=CC1C2)c1ccc(Cl)c(Cl)c1. The van der Waals surface area contributed by atoms with Crippen molar-refractivity contribution in [1.29, 1.82) is 0 Å². The molecular formula is C14H10Cl2O. The van der Waals surface area contributed by atoms with Crippen molar-refractivity contribution in [2.45, 2.75) is 6.42 Å². The molecule has 0 saturated carbocycles. The molecule has 0 fully saturated rings. The van der Waals surface area contributed by atoms with E-state index in [1.807, 2.05) is 0 Å². The Labute approximate surface area is 110 Å². The zero-order valence-electron chi connectivity index (χ0n) is 8.99. The molecule has 1 aromatic carbocycles. The van der Waals surface area contributed by atoms with Crippen LogP contribution in [0.15, 0.2) is 42.0 Å². The van der Waals surface area contributed by atoms with Crippen LogP contribution in [0.3, 0.4) is 0 Å². The van der Waals surface area contributed by atoms with E-state index in [2.05, 4.69) is 18.2 Å². The van der Waals surface area contributed by atoms with Crippen LogP contribution in [0.5, 0.6) is 0 Å². The van der Waals surface area contributed by atoms with Crippen molar-refractivity contribution in [3.8, 4) is 0 Å². The third kappa shape index (κ3) is 1.84. The lowest BCUT2D eigenvalue weighted by atomic mass is 9.94. The molecule has 0 saturated heterocycles. The zero-order chi connectivity index (χ0) is 12.0. The second-order valence-electron chi connectivity index (χ2n) is 4.47. The molecule has 0 spiro atoms. The topological polar surface area (TPSA) is 17.1 Å². The second kappa shape index (κ2) is 4.01. The first kappa shape index (κ1) is 11.1. The zero-order valence-corrected chi connectivity index (χ0v) is 10.5. The number of rotatable bonds is 2. The lowest BCUT2D eigenvalue weighted by molar-refractivity contribution is 0.102. The minimum Gasteiger partial charge on any atom is -0.289 e. The molecule has 2 aliphatic carbocycles. The van der Waals surface area contributed by atoms with E-state index in [1.165, 1.54) is 0 Å². The van der Waals surface area contributed by atoms with Crippen molar-refractivity contribution < 1.29 is 4.79 Å². The first-order valence-corrected chi connectivity index (χ1v) is 6.30. The van der Waals surface area contributed by atoms with Gasteiger partial charge in [0.2, 0.25) is 0 Å². The first-order valence-electron chi connectivity index (χ1n) is 5.55. The number of hydrogen-bond acceptors (Lipinski definition) is 1. The predicted octanol–water partition coefficient (Wildman–Crippen LogP) is 4.31. The van der Waals surface area contributed by atoms with Gasteiger partial charge in [-0.05, 0) is 30.5 Å². The Bertz CT molecular complexity index is 557. The monoisotopic (exact) mass is 264 g/mol. The number of Topliss-reactive ketones (excluding diaryl/α,β-unsaturated/α-hetero) is 1. The smallest absolute Gasteiger partial charge is 0.189 e. The standard InChI is InChI=1S/C14H10Cl2O/c15-12-4-3-10(7-13(12)16)14(17)11-6-8-1-2-9(11)5-8/h1-4,6-9H,5H2. The Hall–Kier alpha value is -1.05. The van der Waals surface area contributed by atoms with E-state index in [0.29, 0.717) is 27.4 Å². The molecule has 0 radical (unpaired) electrons. The molecule has 1 nitrogen and oxygen atoms in total. The van der Waals surface area contributed by atoms with Crippen LogP contribution in [-0.4, -0.2) is 5.78 Å². The van der Waals surface area contributed by atoms with Gasteiger partial charge in [-0.2, -0.15) is 0 Å². The van der Waals surface area contributed by atoms with Gasteiger partial charge in [0.05, 0.1) is 10.0 Å². The molecule has 2 atom stereocenters. The molecule has 2 bridgehead atoms. The van der Waals surface area contributed by atoms with Crippen LogP contribution in [0.4, 0.5) is 0 Å². The number of benzene rings is 1. The average molecular weight is 265 g/mol. The molecule has 0 heterocycles. The average Bonchev–Trinajstić information content (AvgIpc) is 2.93. The van der Waals surface area contributed by atoms with Crippen LogP contribution in [-0.2, 0) is 0 Å². The molecule has 3 rings (SSSR count). The maximum Gasteiger partial charge on any atom is 0.189 e. The highest BCUT2D eigenvalue weighted by atomic mass is 35.5. The van der Waals surface area contributed by atoms with Gasteiger partial charge in [-0.3, -0.25) is 4.79 Å². The summed E-state index contributed by atoms with van der Waals surface area (Å²) in [6.45, 7) is 0. The summed E-state index contributed by atoms with van der Waals surface area (Å²) in [7, 11) is 0. The fourth-order valence-electron chi connectivity index (χ4n) is 2.48. The van der Waals surface area contributed by atoms with Gasteiger partial charge in [0, 0.05) is 17.1 Å². The van der Waals surface area contributed by atoms with Gasteiger partial charge >= 0.3 is 0 Å². The van der Waals surface area contributed by atoms with E-state index in [0.717, 1.165) is 12.0 Å². The summed E-state index contributed by atoms with van der Waals surface area (Å²) in [6, 6.07) is 5.04. The number of hydrogen-bond donors (Lipinski definition) is 0. The van der Waals surface area contributed by atoms with Crippen LogP contribution in [0.1, 0.15) is 16.8 Å². The molecule has 0 N–H and O–H groups in total. The molecule has 2 unspecified atom stereocenters. The van der Waals surface area contributed by atoms with E-state index in [-0.39, 0.29) is 5.78 Å². The maximum absolute atomic E-state index is 12.3. The largest absolute Gasteiger partial charge is 0.289 e. The van der Waals surface area contributed by atoms with E-state index in [1.54, 1.807) is 18.2 Å². The van der Waals surface area contributed by atoms with Gasteiger partial charge < -0.3 is 0 Å². The minimum absolute atomic E-state index is 0.0698. The predicted molar refractivity (Wildman–Crippen MR) is 69.6 cm³/mol. The van der Waals surface area contributed by atoms with E-state index in [9.17, 15) is 4.79 Å². The van der Waals surface area contributed by atoms with Crippen molar-refractivity contribution in [3.05, 3.63) is 57.6 Å².